The van der Waals surface area contributed by atoms with Gasteiger partial charge < -0.3 is 10.2 Å². The zero-order valence-electron chi connectivity index (χ0n) is 19.0. The number of likely N-dealkylation sites (tertiary alicyclic amines) is 1. The molecule has 1 aliphatic heterocycles. The van der Waals surface area contributed by atoms with E-state index < -0.39 is 0 Å². The molecule has 0 bridgehead atoms. The van der Waals surface area contributed by atoms with Crippen LogP contribution in [0.5, 0.6) is 0 Å². The number of carbonyl (C=O) groups excluding carboxylic acids is 1. The molecule has 0 aromatic carbocycles. The van der Waals surface area contributed by atoms with Crippen molar-refractivity contribution in [1.82, 2.24) is 29.8 Å². The second-order valence-corrected chi connectivity index (χ2v) is 8.57. The van der Waals surface area contributed by atoms with Crippen LogP contribution < -0.4 is 5.32 Å². The third-order valence-electron chi connectivity index (χ3n) is 5.72. The minimum atomic E-state index is -0.0872. The van der Waals surface area contributed by atoms with Crippen LogP contribution in [0.3, 0.4) is 0 Å². The minimum absolute atomic E-state index is 0.0231. The summed E-state index contributed by atoms with van der Waals surface area (Å²) in [4.78, 5) is 38.0. The van der Waals surface area contributed by atoms with Gasteiger partial charge in [0.1, 0.15) is 5.69 Å². The van der Waals surface area contributed by atoms with Gasteiger partial charge in [-0.2, -0.15) is 0 Å². The Bertz CT molecular complexity index is 1080. The molecule has 32 heavy (non-hydrogen) atoms. The zero-order valence-corrected chi connectivity index (χ0v) is 19.0. The highest BCUT2D eigenvalue weighted by Gasteiger charge is 2.33. The number of nitrogens with zero attached hydrogens (tertiary/aromatic N) is 6. The average Bonchev–Trinajstić information content (AvgIpc) is 2.77. The normalized spacial score (nSPS) is 18.4. The van der Waals surface area contributed by atoms with Gasteiger partial charge in [-0.15, -0.1) is 0 Å². The van der Waals surface area contributed by atoms with Crippen molar-refractivity contribution in [2.45, 2.75) is 46.6 Å². The summed E-state index contributed by atoms with van der Waals surface area (Å²) in [6, 6.07) is 7.50. The summed E-state index contributed by atoms with van der Waals surface area (Å²) in [6.07, 6.45) is 5.33. The van der Waals surface area contributed by atoms with Crippen LogP contribution in [0.2, 0.25) is 0 Å². The molecule has 0 spiro atoms. The summed E-state index contributed by atoms with van der Waals surface area (Å²) in [5.41, 5.74) is 3.68. The lowest BCUT2D eigenvalue weighted by molar-refractivity contribution is 0.0559. The number of hydrogen-bond acceptors (Lipinski definition) is 7. The molecular formula is C24H29N7O. The number of hydrogen-bond donors (Lipinski definition) is 1. The Morgan fingerprint density at radius 3 is 2.47 bits per heavy atom. The van der Waals surface area contributed by atoms with Gasteiger partial charge in [-0.3, -0.25) is 4.79 Å². The molecule has 0 unspecified atom stereocenters. The van der Waals surface area contributed by atoms with Crippen LogP contribution in [0.4, 0.5) is 5.95 Å². The Morgan fingerprint density at radius 2 is 1.75 bits per heavy atom. The summed E-state index contributed by atoms with van der Waals surface area (Å²) in [7, 11) is 0. The quantitative estimate of drug-likeness (QED) is 0.659. The number of amides is 1. The molecule has 1 N–H and O–H groups in total. The maximum Gasteiger partial charge on any atom is 0.273 e. The molecule has 4 heterocycles. The first-order chi connectivity index (χ1) is 15.4. The van der Waals surface area contributed by atoms with E-state index in [1.807, 2.05) is 43.9 Å². The number of carbonyl (C=O) groups is 1. The van der Waals surface area contributed by atoms with Crippen molar-refractivity contribution in [1.29, 1.82) is 0 Å². The van der Waals surface area contributed by atoms with Gasteiger partial charge in [-0.05, 0) is 63.8 Å². The van der Waals surface area contributed by atoms with E-state index in [4.69, 9.17) is 0 Å². The molecule has 0 aliphatic carbocycles. The van der Waals surface area contributed by atoms with E-state index in [9.17, 15) is 4.79 Å². The fraction of sp³-hybridized carbons (Fsp3) is 0.417. The number of pyridine rings is 1. The fourth-order valence-corrected chi connectivity index (χ4v) is 4.16. The Balaban J connectivity index is 1.61. The second-order valence-electron chi connectivity index (χ2n) is 8.57. The molecule has 3 aromatic heterocycles. The highest BCUT2D eigenvalue weighted by molar-refractivity contribution is 5.98. The summed E-state index contributed by atoms with van der Waals surface area (Å²) in [6.45, 7) is 9.25. The first-order valence-corrected chi connectivity index (χ1v) is 11.0. The van der Waals surface area contributed by atoms with E-state index >= 15 is 0 Å². The first-order valence-electron chi connectivity index (χ1n) is 11.0. The molecule has 2 atom stereocenters. The van der Waals surface area contributed by atoms with Crippen molar-refractivity contribution < 1.29 is 4.79 Å². The standard InChI is InChI=1S/C24H29N7O/c1-15-6-8-19(13-27-24-29-17(3)12-18(4)30-24)31(14-15)23(32)21-20(9-7-16(2)28-21)22-25-10-5-11-26-22/h5,7,9-12,15,19H,6,8,13-14H2,1-4H3,(H,27,29,30)/t15-,19-/m0/s1. The first kappa shape index (κ1) is 21.8. The number of anilines is 1. The number of nitrogens with one attached hydrogen (secondary N) is 1. The van der Waals surface area contributed by atoms with E-state index in [0.717, 1.165) is 29.9 Å². The number of piperidine rings is 1. The lowest BCUT2D eigenvalue weighted by Gasteiger charge is -2.39. The van der Waals surface area contributed by atoms with E-state index in [-0.39, 0.29) is 11.9 Å². The highest BCUT2D eigenvalue weighted by Crippen LogP contribution is 2.27. The van der Waals surface area contributed by atoms with E-state index in [2.05, 4.69) is 37.2 Å². The van der Waals surface area contributed by atoms with Crippen LogP contribution in [0, 0.1) is 26.7 Å². The van der Waals surface area contributed by atoms with Crippen LogP contribution in [0.15, 0.2) is 36.7 Å². The van der Waals surface area contributed by atoms with Crippen molar-refractivity contribution in [3.8, 4) is 11.4 Å². The van der Waals surface area contributed by atoms with Crippen LogP contribution >= 0.6 is 0 Å². The van der Waals surface area contributed by atoms with E-state index in [0.29, 0.717) is 42.0 Å². The van der Waals surface area contributed by atoms with Crippen LogP contribution in [-0.4, -0.2) is 54.9 Å². The smallest absolute Gasteiger partial charge is 0.273 e. The number of aryl methyl sites for hydroxylation is 3. The SMILES string of the molecule is Cc1cc(C)nc(NC[C@@H]2CC[C@H](C)CN2C(=O)c2nc(C)ccc2-c2ncccn2)n1. The summed E-state index contributed by atoms with van der Waals surface area (Å²) in [5.74, 6) is 1.44. The van der Waals surface area contributed by atoms with E-state index in [1.165, 1.54) is 0 Å². The molecule has 3 aromatic rings. The molecule has 8 heteroatoms. The lowest BCUT2D eigenvalue weighted by Crippen LogP contribution is -2.49. The summed E-state index contributed by atoms with van der Waals surface area (Å²) in [5, 5.41) is 3.34. The molecular weight excluding hydrogens is 402 g/mol. The maximum atomic E-state index is 13.8. The monoisotopic (exact) mass is 431 g/mol. The van der Waals surface area contributed by atoms with Gasteiger partial charge in [0.05, 0.1) is 5.56 Å². The van der Waals surface area contributed by atoms with Gasteiger partial charge in [0.25, 0.3) is 5.91 Å². The zero-order chi connectivity index (χ0) is 22.7. The largest absolute Gasteiger partial charge is 0.352 e. The summed E-state index contributed by atoms with van der Waals surface area (Å²) < 4.78 is 0. The molecule has 1 saturated heterocycles. The van der Waals surface area contributed by atoms with Gasteiger partial charge in [0, 0.05) is 48.6 Å². The Kier molecular flexibility index (Phi) is 6.39. The second kappa shape index (κ2) is 9.38. The summed E-state index contributed by atoms with van der Waals surface area (Å²) >= 11 is 0. The average molecular weight is 432 g/mol. The van der Waals surface area contributed by atoms with Crippen molar-refractivity contribution in [3.05, 3.63) is 59.4 Å². The molecule has 1 amide bonds. The van der Waals surface area contributed by atoms with Crippen molar-refractivity contribution >= 4 is 11.9 Å². The van der Waals surface area contributed by atoms with Gasteiger partial charge in [-0.25, -0.2) is 24.9 Å². The third kappa shape index (κ3) is 4.90. The van der Waals surface area contributed by atoms with Crippen LogP contribution in [0.1, 0.15) is 47.3 Å². The molecule has 4 rings (SSSR count). The number of rotatable bonds is 5. The minimum Gasteiger partial charge on any atom is -0.352 e. The molecule has 0 saturated carbocycles. The van der Waals surface area contributed by atoms with Crippen LogP contribution in [-0.2, 0) is 0 Å². The van der Waals surface area contributed by atoms with Gasteiger partial charge in [-0.1, -0.05) is 6.92 Å². The predicted octanol–water partition coefficient (Wildman–Crippen LogP) is 3.61. The topological polar surface area (TPSA) is 96.8 Å². The Labute approximate surface area is 188 Å². The Morgan fingerprint density at radius 1 is 1.03 bits per heavy atom. The molecule has 0 radical (unpaired) electrons. The molecule has 1 fully saturated rings. The maximum absolute atomic E-state index is 13.8. The van der Waals surface area contributed by atoms with Crippen LogP contribution in [0.25, 0.3) is 11.4 Å². The van der Waals surface area contributed by atoms with Gasteiger partial charge in [0.15, 0.2) is 5.82 Å². The molecule has 8 nitrogen and oxygen atoms in total. The predicted molar refractivity (Wildman–Crippen MR) is 123 cm³/mol. The van der Waals surface area contributed by atoms with E-state index in [1.54, 1.807) is 18.5 Å². The molecule has 166 valence electrons. The van der Waals surface area contributed by atoms with Crippen molar-refractivity contribution in [3.63, 3.8) is 0 Å². The number of aromatic nitrogens is 5. The Hall–Kier alpha value is -3.42. The highest BCUT2D eigenvalue weighted by atomic mass is 16.2. The van der Waals surface area contributed by atoms with Crippen molar-refractivity contribution in [2.24, 2.45) is 5.92 Å². The van der Waals surface area contributed by atoms with Crippen molar-refractivity contribution in [2.75, 3.05) is 18.4 Å². The third-order valence-corrected chi connectivity index (χ3v) is 5.72. The fourth-order valence-electron chi connectivity index (χ4n) is 4.16. The van der Waals surface area contributed by atoms with Gasteiger partial charge in [0.2, 0.25) is 5.95 Å². The van der Waals surface area contributed by atoms with Gasteiger partial charge >= 0.3 is 0 Å². The lowest BCUT2D eigenvalue weighted by atomic mass is 9.93. The molecule has 1 aliphatic rings.